The Morgan fingerprint density at radius 2 is 1.67 bits per heavy atom. The first kappa shape index (κ1) is 24.2. The van der Waals surface area contributed by atoms with Crippen molar-refractivity contribution in [2.75, 3.05) is 58.8 Å². The van der Waals surface area contributed by atoms with Crippen molar-refractivity contribution in [1.29, 1.82) is 0 Å². The van der Waals surface area contributed by atoms with Gasteiger partial charge in [-0.1, -0.05) is 12.1 Å². The number of ether oxygens (including phenoxy) is 1. The van der Waals surface area contributed by atoms with Crippen LogP contribution in [0, 0.1) is 5.82 Å². The maximum Gasteiger partial charge on any atom is 0.191 e. The molecule has 0 saturated carbocycles. The van der Waals surface area contributed by atoms with E-state index in [2.05, 4.69) is 31.8 Å². The van der Waals surface area contributed by atoms with Crippen LogP contribution >= 0.6 is 24.0 Å². The molecule has 1 aliphatic heterocycles. The van der Waals surface area contributed by atoms with Gasteiger partial charge < -0.3 is 25.2 Å². The fourth-order valence-electron chi connectivity index (χ4n) is 3.52. The van der Waals surface area contributed by atoms with E-state index in [4.69, 9.17) is 10.5 Å². The molecule has 8 heteroatoms. The molecule has 2 N–H and O–H groups in total. The number of halogens is 2. The van der Waals surface area contributed by atoms with Gasteiger partial charge in [-0.15, -0.1) is 24.0 Å². The fraction of sp³-hybridized carbons (Fsp3) is 0.409. The number of anilines is 1. The lowest BCUT2D eigenvalue weighted by Gasteiger charge is -2.36. The van der Waals surface area contributed by atoms with E-state index in [9.17, 15) is 4.39 Å². The summed E-state index contributed by atoms with van der Waals surface area (Å²) in [5.41, 5.74) is 8.50. The van der Waals surface area contributed by atoms with Gasteiger partial charge in [0.15, 0.2) is 5.96 Å². The molecule has 1 saturated heterocycles. The van der Waals surface area contributed by atoms with Crippen LogP contribution in [0.5, 0.6) is 5.75 Å². The van der Waals surface area contributed by atoms with Crippen LogP contribution in [0.1, 0.15) is 11.6 Å². The summed E-state index contributed by atoms with van der Waals surface area (Å²) >= 11 is 0. The molecule has 0 bridgehead atoms. The van der Waals surface area contributed by atoms with E-state index < -0.39 is 0 Å². The number of nitrogens with zero attached hydrogens (tertiary/aromatic N) is 4. The summed E-state index contributed by atoms with van der Waals surface area (Å²) in [6.07, 6.45) is 0. The predicted octanol–water partition coefficient (Wildman–Crippen LogP) is 3.19. The molecule has 0 radical (unpaired) electrons. The van der Waals surface area contributed by atoms with Gasteiger partial charge in [0, 0.05) is 31.9 Å². The first-order valence-electron chi connectivity index (χ1n) is 9.83. The fourth-order valence-corrected chi connectivity index (χ4v) is 3.52. The average Bonchev–Trinajstić information content (AvgIpc) is 2.74. The van der Waals surface area contributed by atoms with Gasteiger partial charge in [0.25, 0.3) is 0 Å². The topological polar surface area (TPSA) is 57.3 Å². The van der Waals surface area contributed by atoms with Gasteiger partial charge in [-0.25, -0.2) is 4.39 Å². The summed E-state index contributed by atoms with van der Waals surface area (Å²) < 4.78 is 18.4. The number of likely N-dealkylation sites (N-methyl/N-ethyl adjacent to an activating group) is 1. The molecule has 164 valence electrons. The van der Waals surface area contributed by atoms with Gasteiger partial charge in [-0.3, -0.25) is 4.99 Å². The van der Waals surface area contributed by atoms with Crippen LogP contribution in [0.15, 0.2) is 53.5 Å². The summed E-state index contributed by atoms with van der Waals surface area (Å²) in [5, 5.41) is 0. The number of hydrogen-bond donors (Lipinski definition) is 1. The third kappa shape index (κ3) is 6.21. The Labute approximate surface area is 195 Å². The minimum Gasteiger partial charge on any atom is -0.497 e. The first-order valence-corrected chi connectivity index (χ1v) is 9.83. The van der Waals surface area contributed by atoms with Crippen molar-refractivity contribution < 1.29 is 9.13 Å². The number of nitrogens with two attached hydrogens (primary N) is 1. The normalized spacial score (nSPS) is 15.7. The summed E-state index contributed by atoms with van der Waals surface area (Å²) in [7, 11) is 5.75. The van der Waals surface area contributed by atoms with Crippen molar-refractivity contribution in [3.63, 3.8) is 0 Å². The van der Waals surface area contributed by atoms with Gasteiger partial charge in [0.1, 0.15) is 11.6 Å². The molecule has 0 aromatic heterocycles. The zero-order chi connectivity index (χ0) is 20.8. The van der Waals surface area contributed by atoms with Crippen molar-refractivity contribution in [1.82, 2.24) is 9.80 Å². The van der Waals surface area contributed by atoms with Crippen LogP contribution in [-0.4, -0.2) is 69.7 Å². The standard InChI is InChI=1S/C22H30FN5O.HI/c1-26(2)21(17-4-10-20(29-3)11-5-17)16-25-22(24)28-14-12-27(13-15-28)19-8-6-18(23)7-9-19;/h4-11,21H,12-16H2,1-3H3,(H2,24,25);1H. The summed E-state index contributed by atoms with van der Waals surface area (Å²) in [4.78, 5) is 11.2. The highest BCUT2D eigenvalue weighted by atomic mass is 127. The number of guanidine groups is 1. The molecule has 1 atom stereocenters. The predicted molar refractivity (Wildman–Crippen MR) is 132 cm³/mol. The number of methoxy groups -OCH3 is 1. The second-order valence-electron chi connectivity index (χ2n) is 7.40. The van der Waals surface area contributed by atoms with E-state index in [0.717, 1.165) is 37.6 Å². The minimum absolute atomic E-state index is 0. The summed E-state index contributed by atoms with van der Waals surface area (Å²) in [6.45, 7) is 3.84. The Morgan fingerprint density at radius 1 is 1.07 bits per heavy atom. The number of benzene rings is 2. The molecule has 2 aromatic rings. The monoisotopic (exact) mass is 527 g/mol. The van der Waals surface area contributed by atoms with Gasteiger partial charge >= 0.3 is 0 Å². The Kier molecular flexibility index (Phi) is 9.16. The van der Waals surface area contributed by atoms with Crippen LogP contribution in [0.2, 0.25) is 0 Å². The lowest BCUT2D eigenvalue weighted by atomic mass is 10.1. The molecule has 0 aliphatic carbocycles. The molecular weight excluding hydrogens is 496 g/mol. The van der Waals surface area contributed by atoms with E-state index in [-0.39, 0.29) is 35.8 Å². The van der Waals surface area contributed by atoms with Gasteiger partial charge in [-0.05, 0) is 56.1 Å². The van der Waals surface area contributed by atoms with E-state index >= 15 is 0 Å². The summed E-state index contributed by atoms with van der Waals surface area (Å²) in [5.74, 6) is 1.20. The first-order chi connectivity index (χ1) is 14.0. The zero-order valence-electron chi connectivity index (χ0n) is 17.8. The molecule has 1 heterocycles. The SMILES string of the molecule is COc1ccc(C(CN=C(N)N2CCN(c3ccc(F)cc3)CC2)N(C)C)cc1.I. The molecule has 0 amide bonds. The minimum atomic E-state index is -0.212. The molecule has 1 unspecified atom stereocenters. The molecular formula is C22H31FIN5O. The Balaban J connectivity index is 0.00000320. The van der Waals surface area contributed by atoms with Gasteiger partial charge in [0.05, 0.1) is 19.7 Å². The van der Waals surface area contributed by atoms with E-state index in [0.29, 0.717) is 12.5 Å². The maximum atomic E-state index is 13.1. The third-order valence-electron chi connectivity index (χ3n) is 5.35. The van der Waals surface area contributed by atoms with Crippen molar-refractivity contribution in [2.45, 2.75) is 6.04 Å². The smallest absolute Gasteiger partial charge is 0.191 e. The van der Waals surface area contributed by atoms with Crippen LogP contribution < -0.4 is 15.4 Å². The molecule has 30 heavy (non-hydrogen) atoms. The molecule has 0 spiro atoms. The average molecular weight is 527 g/mol. The third-order valence-corrected chi connectivity index (χ3v) is 5.35. The highest BCUT2D eigenvalue weighted by Crippen LogP contribution is 2.22. The molecule has 1 aliphatic rings. The Hall–Kier alpha value is -2.07. The molecule has 3 rings (SSSR count). The molecule has 1 fully saturated rings. The van der Waals surface area contributed by atoms with E-state index in [1.54, 1.807) is 7.11 Å². The van der Waals surface area contributed by atoms with Crippen molar-refractivity contribution in [3.8, 4) is 5.75 Å². The van der Waals surface area contributed by atoms with Crippen LogP contribution in [0.25, 0.3) is 0 Å². The second-order valence-corrected chi connectivity index (χ2v) is 7.40. The van der Waals surface area contributed by atoms with Crippen LogP contribution in [-0.2, 0) is 0 Å². The lowest BCUT2D eigenvalue weighted by molar-refractivity contribution is 0.304. The number of piperazine rings is 1. The maximum absolute atomic E-state index is 13.1. The molecule has 2 aromatic carbocycles. The Morgan fingerprint density at radius 3 is 2.20 bits per heavy atom. The van der Waals surface area contributed by atoms with Gasteiger partial charge in [-0.2, -0.15) is 0 Å². The second kappa shape index (κ2) is 11.4. The van der Waals surface area contributed by atoms with Crippen molar-refractivity contribution in [2.24, 2.45) is 10.7 Å². The quantitative estimate of drug-likeness (QED) is 0.356. The van der Waals surface area contributed by atoms with Crippen molar-refractivity contribution >= 4 is 35.6 Å². The van der Waals surface area contributed by atoms with Crippen molar-refractivity contribution in [3.05, 3.63) is 59.9 Å². The van der Waals surface area contributed by atoms with Crippen LogP contribution in [0.4, 0.5) is 10.1 Å². The zero-order valence-corrected chi connectivity index (χ0v) is 20.1. The number of aliphatic imine (C=N–C) groups is 1. The number of rotatable bonds is 6. The molecule has 6 nitrogen and oxygen atoms in total. The number of hydrogen-bond acceptors (Lipinski definition) is 4. The van der Waals surface area contributed by atoms with E-state index in [1.807, 2.05) is 38.4 Å². The largest absolute Gasteiger partial charge is 0.497 e. The highest BCUT2D eigenvalue weighted by Gasteiger charge is 2.20. The Bertz CT molecular complexity index is 805. The van der Waals surface area contributed by atoms with E-state index in [1.165, 1.54) is 17.7 Å². The highest BCUT2D eigenvalue weighted by molar-refractivity contribution is 14.0. The van der Waals surface area contributed by atoms with Gasteiger partial charge in [0.2, 0.25) is 0 Å². The lowest BCUT2D eigenvalue weighted by Crippen LogP contribution is -2.51. The van der Waals surface area contributed by atoms with Crippen LogP contribution in [0.3, 0.4) is 0 Å². The summed E-state index contributed by atoms with van der Waals surface area (Å²) in [6, 6.07) is 14.8.